The summed E-state index contributed by atoms with van der Waals surface area (Å²) in [5, 5.41) is 58.5. The second-order valence-corrected chi connectivity index (χ2v) is 14.4. The Bertz CT molecular complexity index is 1400. The number of nitrogens with one attached hydrogen (secondary N) is 1. The van der Waals surface area contributed by atoms with Crippen molar-refractivity contribution in [2.45, 2.75) is 76.0 Å². The summed E-state index contributed by atoms with van der Waals surface area (Å²) in [5.74, 6) is 0. The Labute approximate surface area is 266 Å². The van der Waals surface area contributed by atoms with Crippen LogP contribution in [-0.4, -0.2) is 142 Å². The summed E-state index contributed by atoms with van der Waals surface area (Å²) in [5.41, 5.74) is -1.83. The number of ether oxygens (including phenoxy) is 2. The smallest absolute Gasteiger partial charge is 0.394 e. The van der Waals surface area contributed by atoms with Gasteiger partial charge in [0.25, 0.3) is 5.56 Å². The highest BCUT2D eigenvalue weighted by Gasteiger charge is 2.50. The predicted molar refractivity (Wildman–Crippen MR) is 153 cm³/mol. The molecule has 23 nitrogen and oxygen atoms in total. The van der Waals surface area contributed by atoms with Gasteiger partial charge in [-0.05, 0) is 19.6 Å². The fourth-order valence-electron chi connectivity index (χ4n) is 4.17. The molecule has 0 spiro atoms. The van der Waals surface area contributed by atoms with E-state index in [9.17, 15) is 63.5 Å². The molecule has 47 heavy (non-hydrogen) atoms. The Balaban J connectivity index is 0.000000984. The van der Waals surface area contributed by atoms with E-state index in [2.05, 4.69) is 43.3 Å². The summed E-state index contributed by atoms with van der Waals surface area (Å²) in [6.45, 7) is 8.02. The molecule has 12 atom stereocenters. The number of hydrogen-bond donors (Lipinski definition) is 10. The number of hydrogen-bond acceptors (Lipinski definition) is 18. The first-order chi connectivity index (χ1) is 21.7. The van der Waals surface area contributed by atoms with Crippen LogP contribution < -0.4 is 11.2 Å². The fraction of sp³-hybridized carbons (Fsp3) is 0.810. The minimum atomic E-state index is -6.04. The van der Waals surface area contributed by atoms with E-state index in [1.165, 1.54) is 19.6 Å². The first kappa shape index (κ1) is 41.9. The molecule has 274 valence electrons. The van der Waals surface area contributed by atoms with Gasteiger partial charge in [-0.1, -0.05) is 20.8 Å². The number of rotatable bonds is 14. The van der Waals surface area contributed by atoms with Crippen LogP contribution in [0.2, 0.25) is 0 Å². The summed E-state index contributed by atoms with van der Waals surface area (Å²) in [7, 11) is -17.6. The fourth-order valence-corrected chi connectivity index (χ4v) is 7.76. The first-order valence-electron chi connectivity index (χ1n) is 13.8. The van der Waals surface area contributed by atoms with Crippen molar-refractivity contribution in [1.82, 2.24) is 14.5 Å². The minimum Gasteiger partial charge on any atom is -0.394 e. The maximum absolute atomic E-state index is 12.1. The number of phosphoric acid groups is 3. The Hall–Kier alpha value is -1.27. The zero-order valence-electron chi connectivity index (χ0n) is 25.1. The van der Waals surface area contributed by atoms with Crippen molar-refractivity contribution in [3.63, 3.8) is 0 Å². The Kier molecular flexibility index (Phi) is 15.7. The van der Waals surface area contributed by atoms with E-state index in [0.717, 1.165) is 12.3 Å². The third kappa shape index (κ3) is 11.9. The quantitative estimate of drug-likeness (QED) is 0.0832. The molecule has 0 amide bonds. The minimum absolute atomic E-state index is 0.675. The van der Waals surface area contributed by atoms with Crippen LogP contribution in [0.15, 0.2) is 21.9 Å². The molecule has 10 N–H and O–H groups in total. The lowest BCUT2D eigenvalue weighted by Gasteiger charge is -2.39. The average Bonchev–Trinajstić information content (AvgIpc) is 3.25. The summed E-state index contributed by atoms with van der Waals surface area (Å²) in [6.07, 6.45) is -16.2. The van der Waals surface area contributed by atoms with E-state index >= 15 is 0 Å². The number of nitrogens with zero attached hydrogens (tertiary/aromatic N) is 2. The van der Waals surface area contributed by atoms with Gasteiger partial charge in [-0.3, -0.25) is 23.4 Å². The Morgan fingerprint density at radius 3 is 1.87 bits per heavy atom. The standard InChI is InChI=1S/C15H25N2O20P3.C6H15N/c18-3-5-8(20)10(22)12(24)14(34-5)35-39(28,29)37-40(30,31)36-38(26,27)32-4-6-9(21)11(23)13(33-6)17-2-1-7(19)16-15(17)25;1-4-7(5-2)6-3/h1-2,5-6,8-14,18,20-24H,3-4H2,(H,26,27)(H,28,29)(H,30,31)(H,16,19,25);4-6H2,1-3H3/t5-,6-,8-,9-,10+,11-,12-,13-,14-;/m1./s1. The van der Waals surface area contributed by atoms with Crippen LogP contribution >= 0.6 is 23.5 Å². The van der Waals surface area contributed by atoms with Crippen molar-refractivity contribution in [3.05, 3.63) is 33.1 Å². The second kappa shape index (κ2) is 17.6. The summed E-state index contributed by atoms with van der Waals surface area (Å²) in [6, 6.07) is 0.892. The molecule has 2 saturated heterocycles. The highest BCUT2D eigenvalue weighted by Crippen LogP contribution is 2.68. The monoisotopic (exact) mass is 747 g/mol. The van der Waals surface area contributed by atoms with Gasteiger partial charge in [-0.25, -0.2) is 18.5 Å². The normalized spacial score (nSPS) is 33.3. The molecule has 2 aliphatic rings. The SMILES string of the molecule is CCN(CC)CC.O=c1ccn([C@@H]2O[C@H](COP(=O)(O)OP(=O)(O)OP(=O)(O)O[C@H]3O[C@H](CO)[C@@H](O)[C@H](O)[C@H]3O)[C@@H](O)[C@H]2O)c(=O)[nH]1. The Morgan fingerprint density at radius 2 is 1.36 bits per heavy atom. The summed E-state index contributed by atoms with van der Waals surface area (Å²) in [4.78, 5) is 56.5. The number of aliphatic hydroxyl groups excluding tert-OH is 6. The lowest BCUT2D eigenvalue weighted by Crippen LogP contribution is -2.58. The third-order valence-corrected chi connectivity index (χ3v) is 11.0. The molecular weight excluding hydrogens is 707 g/mol. The van der Waals surface area contributed by atoms with Crippen LogP contribution in [-0.2, 0) is 40.8 Å². The van der Waals surface area contributed by atoms with Gasteiger partial charge in [-0.15, -0.1) is 0 Å². The molecule has 1 aromatic rings. The largest absolute Gasteiger partial charge is 0.490 e. The molecule has 0 aliphatic carbocycles. The molecule has 0 bridgehead atoms. The van der Waals surface area contributed by atoms with E-state index < -0.39 is 103 Å². The van der Waals surface area contributed by atoms with Gasteiger partial charge in [0.05, 0.1) is 13.2 Å². The van der Waals surface area contributed by atoms with Crippen LogP contribution in [0.1, 0.15) is 27.0 Å². The number of aromatic amines is 1. The molecule has 2 aliphatic heterocycles. The molecule has 26 heteroatoms. The van der Waals surface area contributed by atoms with Crippen LogP contribution in [0.3, 0.4) is 0 Å². The van der Waals surface area contributed by atoms with Crippen molar-refractivity contribution in [2.24, 2.45) is 0 Å². The average molecular weight is 747 g/mol. The number of phosphoric ester groups is 2. The highest BCUT2D eigenvalue weighted by molar-refractivity contribution is 7.66. The molecule has 0 radical (unpaired) electrons. The maximum Gasteiger partial charge on any atom is 0.490 e. The molecular formula is C21H40N3O20P3. The topological polar surface area (TPSA) is 347 Å². The predicted octanol–water partition coefficient (Wildman–Crippen LogP) is -3.33. The van der Waals surface area contributed by atoms with Crippen molar-refractivity contribution < 1.29 is 86.2 Å². The van der Waals surface area contributed by atoms with Crippen LogP contribution in [0.5, 0.6) is 0 Å². The van der Waals surface area contributed by atoms with Crippen molar-refractivity contribution in [1.29, 1.82) is 0 Å². The van der Waals surface area contributed by atoms with Gasteiger partial charge in [-0.2, -0.15) is 8.62 Å². The maximum atomic E-state index is 12.1. The molecule has 3 rings (SSSR count). The molecule has 1 aromatic heterocycles. The van der Waals surface area contributed by atoms with Gasteiger partial charge >= 0.3 is 29.2 Å². The van der Waals surface area contributed by atoms with Crippen molar-refractivity contribution in [2.75, 3.05) is 32.8 Å². The third-order valence-electron chi connectivity index (χ3n) is 6.70. The van der Waals surface area contributed by atoms with E-state index in [1.54, 1.807) is 0 Å². The number of H-pyrrole nitrogens is 1. The van der Waals surface area contributed by atoms with Gasteiger partial charge in [0.15, 0.2) is 12.5 Å². The van der Waals surface area contributed by atoms with Crippen molar-refractivity contribution >= 4 is 23.5 Å². The molecule has 2 fully saturated rings. The lowest BCUT2D eigenvalue weighted by atomic mass is 10.00. The number of aromatic nitrogens is 2. The molecule has 0 saturated carbocycles. The van der Waals surface area contributed by atoms with Gasteiger partial charge in [0, 0.05) is 12.3 Å². The zero-order valence-corrected chi connectivity index (χ0v) is 27.8. The highest BCUT2D eigenvalue weighted by atomic mass is 31.3. The van der Waals surface area contributed by atoms with Crippen LogP contribution in [0, 0.1) is 0 Å². The molecule has 3 heterocycles. The van der Waals surface area contributed by atoms with Gasteiger partial charge in [0.1, 0.15) is 42.7 Å². The first-order valence-corrected chi connectivity index (χ1v) is 18.3. The van der Waals surface area contributed by atoms with E-state index in [1.807, 2.05) is 4.98 Å². The van der Waals surface area contributed by atoms with E-state index in [0.29, 0.717) is 4.57 Å². The van der Waals surface area contributed by atoms with E-state index in [4.69, 9.17) is 14.6 Å². The zero-order chi connectivity index (χ0) is 35.9. The van der Waals surface area contributed by atoms with Crippen LogP contribution in [0.25, 0.3) is 0 Å². The molecule has 0 aromatic carbocycles. The van der Waals surface area contributed by atoms with Crippen molar-refractivity contribution in [3.8, 4) is 0 Å². The summed E-state index contributed by atoms with van der Waals surface area (Å²) < 4.78 is 63.4. The van der Waals surface area contributed by atoms with Gasteiger partial charge < -0.3 is 59.7 Å². The Morgan fingerprint density at radius 1 is 0.809 bits per heavy atom. The molecule has 3 unspecified atom stereocenters. The van der Waals surface area contributed by atoms with Crippen LogP contribution in [0.4, 0.5) is 0 Å². The lowest BCUT2D eigenvalue weighted by molar-refractivity contribution is -0.280. The number of aliphatic hydroxyl groups is 6. The van der Waals surface area contributed by atoms with Gasteiger partial charge in [0.2, 0.25) is 0 Å². The summed E-state index contributed by atoms with van der Waals surface area (Å²) >= 11 is 0. The second-order valence-electron chi connectivity index (χ2n) is 9.85. The van der Waals surface area contributed by atoms with E-state index in [-0.39, 0.29) is 0 Å².